The van der Waals surface area contributed by atoms with Crippen LogP contribution in [-0.4, -0.2) is 56.4 Å². The Hall–Kier alpha value is -3.08. The summed E-state index contributed by atoms with van der Waals surface area (Å²) in [5, 5.41) is 10.6. The number of aromatic nitrogens is 3. The van der Waals surface area contributed by atoms with E-state index in [-0.39, 0.29) is 35.1 Å². The lowest BCUT2D eigenvalue weighted by molar-refractivity contribution is -0.129. The van der Waals surface area contributed by atoms with Crippen LogP contribution in [0, 0.1) is 5.92 Å². The summed E-state index contributed by atoms with van der Waals surface area (Å²) in [5.74, 6) is -0.493. The van der Waals surface area contributed by atoms with Gasteiger partial charge in [-0.05, 0) is 19.1 Å². The number of amides is 4. The standard InChI is InChI=1S/C16H16N6O4S/c1-9-10(14(24)22(2)15(25)18-9)7-13-20-21-16(26-13)27-8-12(23)19-11-5-3-4-6-17-11/h3-6,10H,7-8H2,1-2H3,(H,17,19,23). The van der Waals surface area contributed by atoms with Crippen LogP contribution in [0.15, 0.2) is 39.0 Å². The molecule has 11 heteroatoms. The first kappa shape index (κ1) is 18.7. The van der Waals surface area contributed by atoms with Gasteiger partial charge in [0, 0.05) is 25.4 Å². The highest BCUT2D eigenvalue weighted by Gasteiger charge is 2.34. The zero-order valence-electron chi connectivity index (χ0n) is 14.6. The Morgan fingerprint density at radius 2 is 2.15 bits per heavy atom. The molecule has 3 rings (SSSR count). The Balaban J connectivity index is 1.56. The average Bonchev–Trinajstić information content (AvgIpc) is 3.10. The minimum absolute atomic E-state index is 0.0678. The van der Waals surface area contributed by atoms with E-state index >= 15 is 0 Å². The molecule has 27 heavy (non-hydrogen) atoms. The fraction of sp³-hybridized carbons (Fsp3) is 0.312. The zero-order valence-corrected chi connectivity index (χ0v) is 15.4. The Morgan fingerprint density at radius 1 is 1.33 bits per heavy atom. The molecule has 10 nitrogen and oxygen atoms in total. The third-order valence-corrected chi connectivity index (χ3v) is 4.60. The average molecular weight is 388 g/mol. The number of nitrogens with zero attached hydrogens (tertiary/aromatic N) is 5. The van der Waals surface area contributed by atoms with Gasteiger partial charge in [-0.15, -0.1) is 10.2 Å². The van der Waals surface area contributed by atoms with Crippen LogP contribution in [0.2, 0.25) is 0 Å². The molecular weight excluding hydrogens is 372 g/mol. The van der Waals surface area contributed by atoms with Crippen molar-refractivity contribution in [2.45, 2.75) is 18.6 Å². The van der Waals surface area contributed by atoms with Gasteiger partial charge in [0.2, 0.25) is 17.7 Å². The second kappa shape index (κ2) is 8.08. The molecule has 3 heterocycles. The highest BCUT2D eigenvalue weighted by atomic mass is 32.2. The van der Waals surface area contributed by atoms with Crippen LogP contribution >= 0.6 is 11.8 Å². The van der Waals surface area contributed by atoms with Crippen LogP contribution in [0.3, 0.4) is 0 Å². The molecule has 1 unspecified atom stereocenters. The van der Waals surface area contributed by atoms with E-state index in [4.69, 9.17) is 4.42 Å². The lowest BCUT2D eigenvalue weighted by atomic mass is 9.97. The number of rotatable bonds is 6. The maximum absolute atomic E-state index is 12.2. The molecule has 1 aliphatic rings. The molecular formula is C16H16N6O4S. The first-order valence-corrected chi connectivity index (χ1v) is 8.95. The van der Waals surface area contributed by atoms with Crippen molar-refractivity contribution in [2.75, 3.05) is 18.1 Å². The van der Waals surface area contributed by atoms with Gasteiger partial charge in [-0.1, -0.05) is 17.8 Å². The van der Waals surface area contributed by atoms with Gasteiger partial charge in [-0.2, -0.15) is 0 Å². The van der Waals surface area contributed by atoms with E-state index in [2.05, 4.69) is 25.5 Å². The lowest BCUT2D eigenvalue weighted by Gasteiger charge is -2.24. The molecule has 0 fully saturated rings. The second-order valence-corrected chi connectivity index (χ2v) is 6.63. The fourth-order valence-electron chi connectivity index (χ4n) is 2.34. The van der Waals surface area contributed by atoms with E-state index in [1.807, 2.05) is 0 Å². The molecule has 1 N–H and O–H groups in total. The van der Waals surface area contributed by atoms with E-state index < -0.39 is 11.9 Å². The summed E-state index contributed by atoms with van der Waals surface area (Å²) in [5.41, 5.74) is 0.408. The van der Waals surface area contributed by atoms with Crippen LogP contribution in [0.5, 0.6) is 0 Å². The third-order valence-electron chi connectivity index (χ3n) is 3.78. The smallest absolute Gasteiger partial charge is 0.349 e. The first-order chi connectivity index (χ1) is 12.9. The summed E-state index contributed by atoms with van der Waals surface area (Å²) in [4.78, 5) is 44.4. The van der Waals surface area contributed by atoms with E-state index in [0.717, 1.165) is 16.7 Å². The Morgan fingerprint density at radius 3 is 2.89 bits per heavy atom. The summed E-state index contributed by atoms with van der Waals surface area (Å²) in [6.07, 6.45) is 1.72. The van der Waals surface area contributed by atoms with Gasteiger partial charge in [0.1, 0.15) is 5.82 Å². The Labute approximate surface area is 158 Å². The molecule has 2 aromatic heterocycles. The van der Waals surface area contributed by atoms with Crippen molar-refractivity contribution >= 4 is 41.1 Å². The van der Waals surface area contributed by atoms with Crippen LogP contribution < -0.4 is 5.32 Å². The van der Waals surface area contributed by atoms with Gasteiger partial charge in [0.25, 0.3) is 5.22 Å². The summed E-state index contributed by atoms with van der Waals surface area (Å²) in [6.45, 7) is 1.61. The number of aliphatic imine (C=N–C) groups is 1. The van der Waals surface area contributed by atoms with Gasteiger partial charge in [-0.3, -0.25) is 14.5 Å². The maximum atomic E-state index is 12.2. The number of carbonyl (C=O) groups is 3. The molecule has 140 valence electrons. The van der Waals surface area contributed by atoms with Crippen molar-refractivity contribution in [1.29, 1.82) is 0 Å². The van der Waals surface area contributed by atoms with E-state index in [1.54, 1.807) is 31.3 Å². The van der Waals surface area contributed by atoms with Crippen LogP contribution in [0.25, 0.3) is 0 Å². The highest BCUT2D eigenvalue weighted by molar-refractivity contribution is 7.99. The molecule has 0 bridgehead atoms. The molecule has 2 aromatic rings. The monoisotopic (exact) mass is 388 g/mol. The minimum Gasteiger partial charge on any atom is -0.416 e. The van der Waals surface area contributed by atoms with Crippen molar-refractivity contribution < 1.29 is 18.8 Å². The lowest BCUT2D eigenvalue weighted by Crippen LogP contribution is -2.44. The Kier molecular flexibility index (Phi) is 5.60. The zero-order chi connectivity index (χ0) is 19.4. The predicted molar refractivity (Wildman–Crippen MR) is 96.4 cm³/mol. The second-order valence-electron chi connectivity index (χ2n) is 5.70. The van der Waals surface area contributed by atoms with Crippen LogP contribution in [-0.2, 0) is 16.0 Å². The summed E-state index contributed by atoms with van der Waals surface area (Å²) in [7, 11) is 1.38. The number of urea groups is 1. The number of thioether (sulfide) groups is 1. The van der Waals surface area contributed by atoms with Crippen molar-refractivity contribution in [3.63, 3.8) is 0 Å². The van der Waals surface area contributed by atoms with Crippen LogP contribution in [0.4, 0.5) is 10.6 Å². The number of carbonyl (C=O) groups excluding carboxylic acids is 3. The van der Waals surface area contributed by atoms with Crippen molar-refractivity contribution in [1.82, 2.24) is 20.1 Å². The van der Waals surface area contributed by atoms with Crippen molar-refractivity contribution in [2.24, 2.45) is 10.9 Å². The molecule has 0 spiro atoms. The summed E-state index contributed by atoms with van der Waals surface area (Å²) >= 11 is 1.07. The van der Waals surface area contributed by atoms with Crippen LogP contribution in [0.1, 0.15) is 12.8 Å². The summed E-state index contributed by atoms with van der Waals surface area (Å²) in [6, 6.07) is 4.61. The van der Waals surface area contributed by atoms with E-state index in [9.17, 15) is 14.4 Å². The van der Waals surface area contributed by atoms with E-state index in [1.165, 1.54) is 7.05 Å². The molecule has 1 aliphatic heterocycles. The predicted octanol–water partition coefficient (Wildman–Crippen LogP) is 1.41. The fourth-order valence-corrected chi connectivity index (χ4v) is 2.92. The van der Waals surface area contributed by atoms with Crippen molar-refractivity contribution in [3.05, 3.63) is 30.3 Å². The number of imide groups is 1. The third kappa shape index (κ3) is 4.56. The normalized spacial score (nSPS) is 17.0. The number of nitrogens with one attached hydrogen (secondary N) is 1. The molecule has 0 saturated heterocycles. The molecule has 0 saturated carbocycles. The van der Waals surface area contributed by atoms with Gasteiger partial charge in [-0.25, -0.2) is 14.8 Å². The molecule has 4 amide bonds. The molecule has 0 aliphatic carbocycles. The maximum Gasteiger partial charge on any atom is 0.349 e. The van der Waals surface area contributed by atoms with E-state index in [0.29, 0.717) is 11.5 Å². The number of hydrogen-bond donors (Lipinski definition) is 1. The van der Waals surface area contributed by atoms with Gasteiger partial charge < -0.3 is 9.73 Å². The number of anilines is 1. The first-order valence-electron chi connectivity index (χ1n) is 7.97. The Bertz CT molecular complexity index is 897. The van der Waals surface area contributed by atoms with Gasteiger partial charge >= 0.3 is 6.03 Å². The number of pyridine rings is 1. The largest absolute Gasteiger partial charge is 0.416 e. The van der Waals surface area contributed by atoms with Gasteiger partial charge in [0.15, 0.2) is 0 Å². The topological polar surface area (TPSA) is 131 Å². The van der Waals surface area contributed by atoms with Gasteiger partial charge in [0.05, 0.1) is 11.7 Å². The summed E-state index contributed by atoms with van der Waals surface area (Å²) < 4.78 is 5.48. The highest BCUT2D eigenvalue weighted by Crippen LogP contribution is 2.21. The molecule has 0 aromatic carbocycles. The quantitative estimate of drug-likeness (QED) is 0.735. The van der Waals surface area contributed by atoms with Crippen molar-refractivity contribution in [3.8, 4) is 0 Å². The molecule has 0 radical (unpaired) electrons. The number of hydrogen-bond acceptors (Lipinski definition) is 8. The SMILES string of the molecule is CC1=NC(=O)N(C)C(=O)C1Cc1nnc(SCC(=O)Nc2ccccn2)o1. The molecule has 1 atom stereocenters. The minimum atomic E-state index is -0.626.